The van der Waals surface area contributed by atoms with Crippen molar-refractivity contribution in [3.05, 3.63) is 53.6 Å². The third-order valence-electron chi connectivity index (χ3n) is 2.92. The van der Waals surface area contributed by atoms with Crippen molar-refractivity contribution in [2.45, 2.75) is 13.8 Å². The van der Waals surface area contributed by atoms with Crippen LogP contribution in [0.1, 0.15) is 11.1 Å². The quantitative estimate of drug-likeness (QED) is 0.745. The van der Waals surface area contributed by atoms with Gasteiger partial charge in [0.2, 0.25) is 0 Å². The topological polar surface area (TPSA) is 3.24 Å². The lowest BCUT2D eigenvalue weighted by Crippen LogP contribution is -2.09. The second kappa shape index (κ2) is 4.62. The first-order valence-corrected chi connectivity index (χ1v) is 5.93. The Morgan fingerprint density at radius 2 is 1.41 bits per heavy atom. The van der Waals surface area contributed by atoms with E-state index in [1.807, 2.05) is 0 Å². The van der Waals surface area contributed by atoms with E-state index >= 15 is 0 Å². The number of hydrogen-bond acceptors (Lipinski definition) is 1. The zero-order valence-corrected chi connectivity index (χ0v) is 11.0. The van der Waals surface area contributed by atoms with Gasteiger partial charge in [0, 0.05) is 25.3 Å². The Labute approximate surface area is 104 Å². The highest BCUT2D eigenvalue weighted by Gasteiger charge is 2.06. The van der Waals surface area contributed by atoms with Crippen molar-refractivity contribution in [1.29, 1.82) is 0 Å². The molecule has 0 radical (unpaired) electrons. The molecule has 0 heterocycles. The monoisotopic (exact) mass is 225 g/mol. The minimum atomic E-state index is 1.26. The van der Waals surface area contributed by atoms with Gasteiger partial charge in [-0.15, -0.1) is 0 Å². The van der Waals surface area contributed by atoms with Crippen LogP contribution in [0.25, 0.3) is 11.1 Å². The van der Waals surface area contributed by atoms with Gasteiger partial charge in [-0.3, -0.25) is 0 Å². The molecule has 0 fully saturated rings. The summed E-state index contributed by atoms with van der Waals surface area (Å²) in [7, 11) is 4.17. The van der Waals surface area contributed by atoms with Gasteiger partial charge in [0.25, 0.3) is 0 Å². The predicted molar refractivity (Wildman–Crippen MR) is 75.7 cm³/mol. The van der Waals surface area contributed by atoms with E-state index in [1.54, 1.807) is 0 Å². The second-order valence-corrected chi connectivity index (χ2v) is 4.79. The molecule has 1 heteroatoms. The highest BCUT2D eigenvalue weighted by atomic mass is 15.1. The fourth-order valence-corrected chi connectivity index (χ4v) is 2.24. The first-order chi connectivity index (χ1) is 8.08. The summed E-state index contributed by atoms with van der Waals surface area (Å²) in [5.74, 6) is 0. The minimum Gasteiger partial charge on any atom is -0.377 e. The summed E-state index contributed by atoms with van der Waals surface area (Å²) in [4.78, 5) is 2.16. The SMILES string of the molecule is Cc1cc(C)cc(-c2ccccc2N(C)C)c1. The lowest BCUT2D eigenvalue weighted by molar-refractivity contribution is 1.13. The van der Waals surface area contributed by atoms with Gasteiger partial charge in [-0.2, -0.15) is 0 Å². The standard InChI is InChI=1S/C16H19N/c1-12-9-13(2)11-14(10-12)15-7-5-6-8-16(15)17(3)4/h5-11H,1-4H3. The summed E-state index contributed by atoms with van der Waals surface area (Å²) in [5, 5.41) is 0. The smallest absolute Gasteiger partial charge is 0.0440 e. The molecule has 1 nitrogen and oxygen atoms in total. The summed E-state index contributed by atoms with van der Waals surface area (Å²) < 4.78 is 0. The molecule has 2 aromatic carbocycles. The van der Waals surface area contributed by atoms with E-state index in [-0.39, 0.29) is 0 Å². The number of anilines is 1. The third-order valence-corrected chi connectivity index (χ3v) is 2.92. The fraction of sp³-hybridized carbons (Fsp3) is 0.250. The van der Waals surface area contributed by atoms with E-state index in [4.69, 9.17) is 0 Å². The van der Waals surface area contributed by atoms with Crippen LogP contribution in [0.4, 0.5) is 5.69 Å². The Morgan fingerprint density at radius 1 is 0.824 bits per heavy atom. The summed E-state index contributed by atoms with van der Waals surface area (Å²) in [6.07, 6.45) is 0. The second-order valence-electron chi connectivity index (χ2n) is 4.79. The van der Waals surface area contributed by atoms with Gasteiger partial charge in [-0.25, -0.2) is 0 Å². The van der Waals surface area contributed by atoms with Gasteiger partial charge >= 0.3 is 0 Å². The molecule has 17 heavy (non-hydrogen) atoms. The van der Waals surface area contributed by atoms with Gasteiger partial charge < -0.3 is 4.90 Å². The van der Waals surface area contributed by atoms with E-state index in [0.29, 0.717) is 0 Å². The highest BCUT2D eigenvalue weighted by Crippen LogP contribution is 2.30. The molecular formula is C16H19N. The largest absolute Gasteiger partial charge is 0.377 e. The van der Waals surface area contributed by atoms with Gasteiger partial charge in [0.15, 0.2) is 0 Å². The summed E-state index contributed by atoms with van der Waals surface area (Å²) in [6.45, 7) is 4.30. The van der Waals surface area contributed by atoms with Crippen molar-refractivity contribution in [3.63, 3.8) is 0 Å². The van der Waals surface area contributed by atoms with Crippen molar-refractivity contribution < 1.29 is 0 Å². The zero-order valence-electron chi connectivity index (χ0n) is 11.0. The van der Waals surface area contributed by atoms with Crippen LogP contribution in [0.5, 0.6) is 0 Å². The number of rotatable bonds is 2. The lowest BCUT2D eigenvalue weighted by Gasteiger charge is -2.18. The summed E-state index contributed by atoms with van der Waals surface area (Å²) in [5.41, 5.74) is 6.48. The molecule has 0 N–H and O–H groups in total. The molecule has 2 rings (SSSR count). The predicted octanol–water partition coefficient (Wildman–Crippen LogP) is 4.04. The van der Waals surface area contributed by atoms with Crippen LogP contribution in [-0.2, 0) is 0 Å². The Hall–Kier alpha value is -1.76. The first-order valence-electron chi connectivity index (χ1n) is 5.93. The molecule has 0 aliphatic rings. The maximum atomic E-state index is 2.25. The number of aryl methyl sites for hydroxylation is 2. The Kier molecular flexibility index (Phi) is 3.19. The van der Waals surface area contributed by atoms with Crippen LogP contribution in [0, 0.1) is 13.8 Å². The lowest BCUT2D eigenvalue weighted by atomic mass is 9.99. The fourth-order valence-electron chi connectivity index (χ4n) is 2.24. The average Bonchev–Trinajstić information content (AvgIpc) is 2.27. The maximum absolute atomic E-state index is 2.25. The van der Waals surface area contributed by atoms with Gasteiger partial charge in [-0.1, -0.05) is 47.5 Å². The highest BCUT2D eigenvalue weighted by molar-refractivity contribution is 5.79. The molecule has 88 valence electrons. The van der Waals surface area contributed by atoms with Crippen LogP contribution in [0.2, 0.25) is 0 Å². The molecule has 0 bridgehead atoms. The molecule has 0 aromatic heterocycles. The molecule has 2 aromatic rings. The van der Waals surface area contributed by atoms with Crippen LogP contribution < -0.4 is 4.90 Å². The first kappa shape index (κ1) is 11.7. The van der Waals surface area contributed by atoms with Crippen LogP contribution >= 0.6 is 0 Å². The van der Waals surface area contributed by atoms with Gasteiger partial charge in [-0.05, 0) is 25.5 Å². The Morgan fingerprint density at radius 3 is 2.00 bits per heavy atom. The number of benzene rings is 2. The van der Waals surface area contributed by atoms with E-state index in [9.17, 15) is 0 Å². The molecular weight excluding hydrogens is 206 g/mol. The summed E-state index contributed by atoms with van der Waals surface area (Å²) >= 11 is 0. The molecule has 0 aliphatic heterocycles. The maximum Gasteiger partial charge on any atom is 0.0440 e. The Bertz CT molecular complexity index is 507. The van der Waals surface area contributed by atoms with Gasteiger partial charge in [0.05, 0.1) is 0 Å². The van der Waals surface area contributed by atoms with Gasteiger partial charge in [0.1, 0.15) is 0 Å². The van der Waals surface area contributed by atoms with Crippen molar-refractivity contribution >= 4 is 5.69 Å². The minimum absolute atomic E-state index is 1.26. The zero-order chi connectivity index (χ0) is 12.4. The summed E-state index contributed by atoms with van der Waals surface area (Å²) in [6, 6.07) is 15.2. The van der Waals surface area contributed by atoms with Crippen LogP contribution in [0.15, 0.2) is 42.5 Å². The molecule has 0 saturated carbocycles. The normalized spacial score (nSPS) is 10.4. The van der Waals surface area contributed by atoms with Crippen molar-refractivity contribution in [3.8, 4) is 11.1 Å². The molecule has 0 spiro atoms. The molecule has 0 saturated heterocycles. The van der Waals surface area contributed by atoms with Crippen LogP contribution in [0.3, 0.4) is 0 Å². The number of hydrogen-bond donors (Lipinski definition) is 0. The average molecular weight is 225 g/mol. The van der Waals surface area contributed by atoms with Crippen molar-refractivity contribution in [1.82, 2.24) is 0 Å². The Balaban J connectivity index is 2.60. The van der Waals surface area contributed by atoms with E-state index < -0.39 is 0 Å². The van der Waals surface area contributed by atoms with E-state index in [2.05, 4.69) is 75.3 Å². The van der Waals surface area contributed by atoms with E-state index in [0.717, 1.165) is 0 Å². The molecule has 0 atom stereocenters. The van der Waals surface area contributed by atoms with Crippen molar-refractivity contribution in [2.24, 2.45) is 0 Å². The molecule has 0 unspecified atom stereocenters. The molecule has 0 aliphatic carbocycles. The number of para-hydroxylation sites is 1. The third kappa shape index (κ3) is 2.50. The van der Waals surface area contributed by atoms with Crippen molar-refractivity contribution in [2.75, 3.05) is 19.0 Å². The molecule has 0 amide bonds. The number of nitrogens with zero attached hydrogens (tertiary/aromatic N) is 1. The van der Waals surface area contributed by atoms with E-state index in [1.165, 1.54) is 27.9 Å². The van der Waals surface area contributed by atoms with Crippen LogP contribution in [-0.4, -0.2) is 14.1 Å².